The van der Waals surface area contributed by atoms with Crippen LogP contribution < -0.4 is 11.1 Å². The summed E-state index contributed by atoms with van der Waals surface area (Å²) in [6.07, 6.45) is 2.14. The molecule has 0 aliphatic carbocycles. The van der Waals surface area contributed by atoms with Crippen molar-refractivity contribution >= 4 is 40.0 Å². The predicted octanol–water partition coefficient (Wildman–Crippen LogP) is 2.32. The molecule has 0 bridgehead atoms. The van der Waals surface area contributed by atoms with Crippen LogP contribution in [0.3, 0.4) is 0 Å². The van der Waals surface area contributed by atoms with Gasteiger partial charge >= 0.3 is 0 Å². The summed E-state index contributed by atoms with van der Waals surface area (Å²) in [5.41, 5.74) is 7.89. The molecule has 0 aromatic carbocycles. The smallest absolute Gasteiger partial charge is 0.235 e. The van der Waals surface area contributed by atoms with E-state index in [1.807, 2.05) is 18.4 Å². The molecule has 1 saturated heterocycles. The molecule has 10 heteroatoms. The molecule has 138 valence electrons. The van der Waals surface area contributed by atoms with E-state index in [-0.39, 0.29) is 17.8 Å². The van der Waals surface area contributed by atoms with E-state index < -0.39 is 0 Å². The molecular formula is C16H20N6O2S2. The number of nitrogens with zero attached hydrogens (tertiary/aromatic N) is 4. The molecule has 0 radical (unpaired) electrons. The van der Waals surface area contributed by atoms with Crippen LogP contribution in [0.15, 0.2) is 4.34 Å². The average molecular weight is 393 g/mol. The van der Waals surface area contributed by atoms with Gasteiger partial charge in [0, 0.05) is 12.3 Å². The third-order valence-corrected chi connectivity index (χ3v) is 6.24. The van der Waals surface area contributed by atoms with E-state index in [4.69, 9.17) is 10.5 Å². The molecule has 2 aromatic rings. The highest BCUT2D eigenvalue weighted by Crippen LogP contribution is 2.29. The Hall–Kier alpha value is -2.09. The number of nitrogens with one attached hydrogen (secondary N) is 1. The monoisotopic (exact) mass is 392 g/mol. The fraction of sp³-hybridized carbons (Fsp3) is 0.500. The van der Waals surface area contributed by atoms with Gasteiger partial charge in [-0.2, -0.15) is 5.26 Å². The van der Waals surface area contributed by atoms with Gasteiger partial charge in [-0.05, 0) is 32.3 Å². The molecule has 1 amide bonds. The minimum atomic E-state index is -0.202. The van der Waals surface area contributed by atoms with E-state index in [0.717, 1.165) is 30.7 Å². The number of anilines is 2. The van der Waals surface area contributed by atoms with Gasteiger partial charge in [0.2, 0.25) is 11.0 Å². The van der Waals surface area contributed by atoms with Crippen LogP contribution in [0.2, 0.25) is 0 Å². The molecule has 3 heterocycles. The minimum Gasteiger partial charge on any atom is -0.376 e. The Bertz CT molecular complexity index is 848. The van der Waals surface area contributed by atoms with Gasteiger partial charge in [-0.15, -0.1) is 10.2 Å². The van der Waals surface area contributed by atoms with Crippen molar-refractivity contribution in [3.8, 4) is 6.07 Å². The highest BCUT2D eigenvalue weighted by atomic mass is 32.2. The van der Waals surface area contributed by atoms with Gasteiger partial charge in [-0.25, -0.2) is 0 Å². The Labute approximate surface area is 159 Å². The van der Waals surface area contributed by atoms with Gasteiger partial charge in [-0.3, -0.25) is 4.79 Å². The molecule has 26 heavy (non-hydrogen) atoms. The third-order valence-electron chi connectivity index (χ3n) is 4.36. The van der Waals surface area contributed by atoms with Crippen molar-refractivity contribution in [2.45, 2.75) is 43.7 Å². The van der Waals surface area contributed by atoms with Crippen molar-refractivity contribution < 1.29 is 9.53 Å². The molecule has 3 rings (SSSR count). The molecule has 1 aliphatic heterocycles. The van der Waals surface area contributed by atoms with Gasteiger partial charge in [0.25, 0.3) is 0 Å². The summed E-state index contributed by atoms with van der Waals surface area (Å²) >= 11 is 2.51. The van der Waals surface area contributed by atoms with Crippen LogP contribution in [-0.4, -0.2) is 39.1 Å². The fourth-order valence-electron chi connectivity index (χ4n) is 2.92. The Kier molecular flexibility index (Phi) is 5.80. The second-order valence-electron chi connectivity index (χ2n) is 6.03. The topological polar surface area (TPSA) is 119 Å². The number of nitriles is 1. The summed E-state index contributed by atoms with van der Waals surface area (Å²) in [5, 5.41) is 20.4. The van der Waals surface area contributed by atoms with E-state index in [1.165, 1.54) is 23.1 Å². The van der Waals surface area contributed by atoms with Crippen LogP contribution in [-0.2, 0) is 16.1 Å². The number of thioether (sulfide) groups is 1. The maximum absolute atomic E-state index is 12.4. The number of hydrogen-bond acceptors (Lipinski definition) is 8. The summed E-state index contributed by atoms with van der Waals surface area (Å²) in [6, 6.07) is 2.21. The lowest BCUT2D eigenvalue weighted by atomic mass is 10.2. The molecule has 3 N–H and O–H groups in total. The number of aromatic nitrogens is 3. The molecule has 2 aromatic heterocycles. The lowest BCUT2D eigenvalue weighted by molar-refractivity contribution is -0.113. The number of carbonyl (C=O) groups excluding carboxylic acids is 1. The Morgan fingerprint density at radius 2 is 2.35 bits per heavy atom. The first-order valence-corrected chi connectivity index (χ1v) is 10.0. The van der Waals surface area contributed by atoms with Crippen molar-refractivity contribution in [3.05, 3.63) is 16.8 Å². The van der Waals surface area contributed by atoms with Crippen molar-refractivity contribution in [1.29, 1.82) is 5.26 Å². The molecule has 1 fully saturated rings. The number of nitrogens with two attached hydrogens (primary N) is 1. The van der Waals surface area contributed by atoms with Crippen LogP contribution in [0.1, 0.15) is 29.7 Å². The maximum Gasteiger partial charge on any atom is 0.235 e. The highest BCUT2D eigenvalue weighted by molar-refractivity contribution is 8.01. The second-order valence-corrected chi connectivity index (χ2v) is 8.27. The van der Waals surface area contributed by atoms with E-state index in [9.17, 15) is 10.1 Å². The average Bonchev–Trinajstić information content (AvgIpc) is 3.32. The van der Waals surface area contributed by atoms with Crippen molar-refractivity contribution in [1.82, 2.24) is 14.8 Å². The molecule has 8 nitrogen and oxygen atoms in total. The number of amides is 1. The van der Waals surface area contributed by atoms with Gasteiger partial charge in [-0.1, -0.05) is 23.1 Å². The van der Waals surface area contributed by atoms with Gasteiger partial charge in [0.1, 0.15) is 11.9 Å². The molecule has 0 saturated carbocycles. The number of ether oxygens (including phenoxy) is 1. The van der Waals surface area contributed by atoms with Crippen LogP contribution in [0.4, 0.5) is 10.9 Å². The van der Waals surface area contributed by atoms with E-state index in [0.29, 0.717) is 27.4 Å². The quantitative estimate of drug-likeness (QED) is 0.724. The summed E-state index contributed by atoms with van der Waals surface area (Å²) in [6.45, 7) is 5.25. The standard InChI is InChI=1S/C16H20N6O2S2/c1-9-10(2)22(7-11-4-3-5-24-11)14(12(9)6-17)19-13(23)8-25-16-21-20-15(18)26-16/h11H,3-5,7-8H2,1-2H3,(H2,18,20)(H,19,23)/t11-/m1/s1. The Balaban J connectivity index is 1.75. The van der Waals surface area contributed by atoms with Crippen LogP contribution >= 0.6 is 23.1 Å². The first-order valence-electron chi connectivity index (χ1n) is 8.22. The second kappa shape index (κ2) is 8.07. The normalized spacial score (nSPS) is 16.6. The zero-order valence-corrected chi connectivity index (χ0v) is 16.2. The third kappa shape index (κ3) is 4.00. The SMILES string of the molecule is Cc1c(C#N)c(NC(=O)CSc2nnc(N)s2)n(C[C@H]2CCCO2)c1C. The molecular weight excluding hydrogens is 372 g/mol. The Morgan fingerprint density at radius 3 is 2.96 bits per heavy atom. The van der Waals surface area contributed by atoms with Crippen LogP contribution in [0.5, 0.6) is 0 Å². The number of carbonyl (C=O) groups is 1. The van der Waals surface area contributed by atoms with Crippen molar-refractivity contribution in [2.75, 3.05) is 23.4 Å². The van der Waals surface area contributed by atoms with Crippen LogP contribution in [0, 0.1) is 25.2 Å². The molecule has 1 aliphatic rings. The first-order chi connectivity index (χ1) is 12.5. The number of nitrogen functional groups attached to an aromatic ring is 1. The van der Waals surface area contributed by atoms with Gasteiger partial charge < -0.3 is 20.4 Å². The summed E-state index contributed by atoms with van der Waals surface area (Å²) in [4.78, 5) is 12.4. The van der Waals surface area contributed by atoms with Crippen molar-refractivity contribution in [3.63, 3.8) is 0 Å². The summed E-state index contributed by atoms with van der Waals surface area (Å²) in [7, 11) is 0. The summed E-state index contributed by atoms with van der Waals surface area (Å²) in [5.74, 6) is 0.509. The van der Waals surface area contributed by atoms with Gasteiger partial charge in [0.15, 0.2) is 4.34 Å². The zero-order valence-electron chi connectivity index (χ0n) is 14.6. The van der Waals surface area contributed by atoms with Crippen molar-refractivity contribution in [2.24, 2.45) is 0 Å². The highest BCUT2D eigenvalue weighted by Gasteiger charge is 2.24. The summed E-state index contributed by atoms with van der Waals surface area (Å²) < 4.78 is 8.34. The van der Waals surface area contributed by atoms with Gasteiger partial charge in [0.05, 0.1) is 24.0 Å². The van der Waals surface area contributed by atoms with E-state index in [1.54, 1.807) is 0 Å². The number of hydrogen-bond donors (Lipinski definition) is 2. The minimum absolute atomic E-state index is 0.112. The maximum atomic E-state index is 12.4. The molecule has 0 unspecified atom stereocenters. The van der Waals surface area contributed by atoms with Crippen LogP contribution in [0.25, 0.3) is 0 Å². The lowest BCUT2D eigenvalue weighted by Crippen LogP contribution is -2.22. The molecule has 1 atom stereocenters. The zero-order chi connectivity index (χ0) is 18.7. The van der Waals surface area contributed by atoms with E-state index in [2.05, 4.69) is 21.6 Å². The Morgan fingerprint density at radius 1 is 1.54 bits per heavy atom. The lowest BCUT2D eigenvalue weighted by Gasteiger charge is -2.16. The predicted molar refractivity (Wildman–Crippen MR) is 101 cm³/mol. The number of rotatable bonds is 6. The largest absolute Gasteiger partial charge is 0.376 e. The molecule has 0 spiro atoms. The fourth-order valence-corrected chi connectivity index (χ4v) is 4.36. The first kappa shape index (κ1) is 18.7. The van der Waals surface area contributed by atoms with E-state index >= 15 is 0 Å².